The highest BCUT2D eigenvalue weighted by Gasteiger charge is 1.86. The van der Waals surface area contributed by atoms with Gasteiger partial charge < -0.3 is 0 Å². The average molecular weight is 128 g/mol. The van der Waals surface area contributed by atoms with Gasteiger partial charge in [-0.3, -0.25) is 0 Å². The Morgan fingerprint density at radius 2 is 1.00 bits per heavy atom. The van der Waals surface area contributed by atoms with Crippen LogP contribution in [0.5, 0.6) is 0 Å². The quantitative estimate of drug-likeness (QED) is 0.453. The van der Waals surface area contributed by atoms with E-state index < -0.39 is 11.6 Å². The molecule has 1 aromatic carbocycles. The van der Waals surface area contributed by atoms with Crippen molar-refractivity contribution in [1.29, 1.82) is 0 Å². The summed E-state index contributed by atoms with van der Waals surface area (Å²) in [4.78, 5) is 0. The van der Waals surface area contributed by atoms with Crippen molar-refractivity contribution in [1.82, 2.24) is 0 Å². The van der Waals surface area contributed by atoms with Gasteiger partial charge in [-0.2, -0.15) is 0 Å². The lowest BCUT2D eigenvalue weighted by Gasteiger charge is -1.83. The van der Waals surface area contributed by atoms with Crippen LogP contribution >= 0.6 is 0 Å². The molecule has 0 nitrogen and oxygen atoms in total. The number of hydrogen-bond acceptors (Lipinski definition) is 0. The fraction of sp³-hybridized carbons (Fsp3) is 0. The minimum absolute atomic E-state index is 0. The number of rotatable bonds is 0. The Bertz CT molecular complexity index is 150. The van der Waals surface area contributed by atoms with Crippen LogP contribution in [0.15, 0.2) is 24.3 Å². The van der Waals surface area contributed by atoms with E-state index in [-0.39, 0.29) is 8.41 Å². The topological polar surface area (TPSA) is 0 Å². The van der Waals surface area contributed by atoms with Gasteiger partial charge in [0, 0.05) is 0 Å². The smallest absolute Gasteiger partial charge is 0.123 e. The summed E-state index contributed by atoms with van der Waals surface area (Å²) in [6.45, 7) is 0. The van der Waals surface area contributed by atoms with E-state index in [1.807, 2.05) is 0 Å². The van der Waals surface area contributed by atoms with Crippen LogP contribution in [0.1, 0.15) is 0 Å². The summed E-state index contributed by atoms with van der Waals surface area (Å²) >= 11 is 0. The molecular formula is C6H7BF2. The monoisotopic (exact) mass is 128 g/mol. The number of hydrogen-bond donors (Lipinski definition) is 0. The van der Waals surface area contributed by atoms with Crippen molar-refractivity contribution in [3.8, 4) is 0 Å². The molecule has 0 atom stereocenters. The largest absolute Gasteiger partial charge is 0.207 e. The molecule has 0 fully saturated rings. The molecule has 48 valence electrons. The summed E-state index contributed by atoms with van der Waals surface area (Å²) in [5.41, 5.74) is 0. The fourth-order valence-electron chi connectivity index (χ4n) is 0.430. The fourth-order valence-corrected chi connectivity index (χ4v) is 0.430. The molecular weight excluding hydrogens is 121 g/mol. The van der Waals surface area contributed by atoms with E-state index in [2.05, 4.69) is 0 Å². The maximum absolute atomic E-state index is 11.9. The average Bonchev–Trinajstić information content (AvgIpc) is 1.77. The number of benzene rings is 1. The molecule has 0 aliphatic rings. The molecule has 3 heteroatoms. The molecule has 1 aromatic rings. The van der Waals surface area contributed by atoms with E-state index in [1.54, 1.807) is 0 Å². The molecule has 0 unspecified atom stereocenters. The zero-order valence-electron chi connectivity index (χ0n) is 4.07. The predicted molar refractivity (Wildman–Crippen MR) is 36.3 cm³/mol. The lowest BCUT2D eigenvalue weighted by molar-refractivity contribution is 0.600. The number of halogens is 2. The lowest BCUT2D eigenvalue weighted by atomic mass is 10.3. The third-order valence-corrected chi connectivity index (χ3v) is 0.804. The van der Waals surface area contributed by atoms with Gasteiger partial charge in [0.1, 0.15) is 11.6 Å². The molecule has 0 saturated heterocycles. The van der Waals surface area contributed by atoms with Crippen LogP contribution < -0.4 is 0 Å². The Hall–Kier alpha value is -0.855. The van der Waals surface area contributed by atoms with Crippen LogP contribution in [0.2, 0.25) is 0 Å². The van der Waals surface area contributed by atoms with E-state index in [0.717, 1.165) is 24.3 Å². The van der Waals surface area contributed by atoms with Gasteiger partial charge >= 0.3 is 0 Å². The highest BCUT2D eigenvalue weighted by Crippen LogP contribution is 1.98. The zero-order valence-corrected chi connectivity index (χ0v) is 4.07. The molecule has 1 rings (SSSR count). The third-order valence-electron chi connectivity index (χ3n) is 0.804. The first kappa shape index (κ1) is 8.14. The van der Waals surface area contributed by atoms with Gasteiger partial charge in [0.05, 0.1) is 8.41 Å². The summed E-state index contributed by atoms with van der Waals surface area (Å²) in [6.07, 6.45) is 0. The maximum Gasteiger partial charge on any atom is 0.123 e. The van der Waals surface area contributed by atoms with Gasteiger partial charge in [0.2, 0.25) is 0 Å². The molecule has 0 aromatic heterocycles. The lowest BCUT2D eigenvalue weighted by Crippen LogP contribution is -1.72. The van der Waals surface area contributed by atoms with Crippen molar-refractivity contribution in [2.24, 2.45) is 0 Å². The van der Waals surface area contributed by atoms with Crippen LogP contribution in [0.3, 0.4) is 0 Å². The van der Waals surface area contributed by atoms with Crippen LogP contribution in [-0.4, -0.2) is 8.41 Å². The molecule has 0 amide bonds. The SMILES string of the molecule is B.Fc1ccc(F)cc1. The van der Waals surface area contributed by atoms with Gasteiger partial charge in [-0.25, -0.2) is 8.78 Å². The summed E-state index contributed by atoms with van der Waals surface area (Å²) in [5.74, 6) is -0.821. The van der Waals surface area contributed by atoms with Gasteiger partial charge in [0.25, 0.3) is 0 Å². The summed E-state index contributed by atoms with van der Waals surface area (Å²) in [5, 5.41) is 0. The minimum Gasteiger partial charge on any atom is -0.207 e. The van der Waals surface area contributed by atoms with E-state index in [4.69, 9.17) is 0 Å². The molecule has 0 radical (unpaired) electrons. The van der Waals surface area contributed by atoms with Gasteiger partial charge in [0.15, 0.2) is 0 Å². The summed E-state index contributed by atoms with van der Waals surface area (Å²) in [6, 6.07) is 4.31. The van der Waals surface area contributed by atoms with Crippen molar-refractivity contribution >= 4 is 8.41 Å². The minimum atomic E-state index is -0.411. The summed E-state index contributed by atoms with van der Waals surface area (Å²) < 4.78 is 23.8. The molecule has 0 saturated carbocycles. The molecule has 0 heterocycles. The van der Waals surface area contributed by atoms with Gasteiger partial charge in [-0.15, -0.1) is 0 Å². The standard InChI is InChI=1S/C6H4F2.BH3/c7-5-1-2-6(8)4-3-5;/h1-4H;1H3. The predicted octanol–water partition coefficient (Wildman–Crippen LogP) is 0.781. The molecule has 0 spiro atoms. The van der Waals surface area contributed by atoms with Crippen molar-refractivity contribution in [2.45, 2.75) is 0 Å². The van der Waals surface area contributed by atoms with E-state index in [9.17, 15) is 8.78 Å². The van der Waals surface area contributed by atoms with Crippen LogP contribution in [0.25, 0.3) is 0 Å². The Balaban J connectivity index is 0.000000640. The molecule has 0 bridgehead atoms. The highest BCUT2D eigenvalue weighted by atomic mass is 19.1. The first-order chi connectivity index (χ1) is 3.79. The Kier molecular flexibility index (Phi) is 2.92. The van der Waals surface area contributed by atoms with E-state index >= 15 is 0 Å². The molecule has 0 aliphatic carbocycles. The Morgan fingerprint density at radius 1 is 0.778 bits per heavy atom. The highest BCUT2D eigenvalue weighted by molar-refractivity contribution is 5.75. The van der Waals surface area contributed by atoms with E-state index in [1.165, 1.54) is 0 Å². The first-order valence-corrected chi connectivity index (χ1v) is 2.20. The van der Waals surface area contributed by atoms with Gasteiger partial charge in [-0.05, 0) is 24.3 Å². The van der Waals surface area contributed by atoms with Crippen LogP contribution in [-0.2, 0) is 0 Å². The second-order valence-corrected chi connectivity index (χ2v) is 1.44. The first-order valence-electron chi connectivity index (χ1n) is 2.20. The van der Waals surface area contributed by atoms with E-state index in [0.29, 0.717) is 0 Å². The van der Waals surface area contributed by atoms with Crippen molar-refractivity contribution in [3.63, 3.8) is 0 Å². The molecule has 0 N–H and O–H groups in total. The normalized spacial score (nSPS) is 8.22. The zero-order chi connectivity index (χ0) is 5.98. The molecule has 0 aliphatic heterocycles. The maximum atomic E-state index is 11.9. The Morgan fingerprint density at radius 3 is 1.22 bits per heavy atom. The van der Waals surface area contributed by atoms with Crippen molar-refractivity contribution < 1.29 is 8.78 Å². The van der Waals surface area contributed by atoms with Crippen LogP contribution in [0.4, 0.5) is 8.78 Å². The summed E-state index contributed by atoms with van der Waals surface area (Å²) in [7, 11) is 0. The second kappa shape index (κ2) is 3.23. The Labute approximate surface area is 54.1 Å². The van der Waals surface area contributed by atoms with Gasteiger partial charge in [-0.1, -0.05) is 0 Å². The van der Waals surface area contributed by atoms with Crippen LogP contribution in [0, 0.1) is 11.6 Å². The van der Waals surface area contributed by atoms with Crippen molar-refractivity contribution in [2.75, 3.05) is 0 Å². The second-order valence-electron chi connectivity index (χ2n) is 1.44. The third kappa shape index (κ3) is 2.26. The molecule has 9 heavy (non-hydrogen) atoms. The van der Waals surface area contributed by atoms with Crippen molar-refractivity contribution in [3.05, 3.63) is 35.9 Å².